The maximum absolute atomic E-state index is 12.5. The average Bonchev–Trinajstić information content (AvgIpc) is 2.53. The molecule has 2 rings (SSSR count). The number of amides is 3. The smallest absolute Gasteiger partial charge is 0.326 e. The molecule has 0 aromatic carbocycles. The first-order valence-corrected chi connectivity index (χ1v) is 7.54. The second kappa shape index (κ2) is 6.78. The van der Waals surface area contributed by atoms with Gasteiger partial charge in [0.25, 0.3) is 0 Å². The van der Waals surface area contributed by atoms with Crippen molar-refractivity contribution in [2.45, 2.75) is 38.1 Å². The van der Waals surface area contributed by atoms with Crippen LogP contribution in [0.1, 0.15) is 32.1 Å². The van der Waals surface area contributed by atoms with Crippen molar-refractivity contribution in [3.63, 3.8) is 0 Å². The third-order valence-corrected chi connectivity index (χ3v) is 4.42. The molecule has 7 heteroatoms. The van der Waals surface area contributed by atoms with E-state index in [4.69, 9.17) is 0 Å². The predicted molar refractivity (Wildman–Crippen MR) is 75.7 cm³/mol. The maximum atomic E-state index is 12.5. The van der Waals surface area contributed by atoms with Gasteiger partial charge in [-0.15, -0.1) is 0 Å². The molecule has 2 aliphatic rings. The molecule has 1 atom stereocenters. The first-order chi connectivity index (χ1) is 10.0. The van der Waals surface area contributed by atoms with Gasteiger partial charge in [0.1, 0.15) is 6.04 Å². The summed E-state index contributed by atoms with van der Waals surface area (Å²) in [6, 6.07) is -0.902. The van der Waals surface area contributed by atoms with Gasteiger partial charge in [0, 0.05) is 32.6 Å². The summed E-state index contributed by atoms with van der Waals surface area (Å²) in [6.45, 7) is 1.53. The Bertz CT molecular complexity index is 418. The first kappa shape index (κ1) is 15.6. The fraction of sp³-hybridized carbons (Fsp3) is 0.786. The summed E-state index contributed by atoms with van der Waals surface area (Å²) in [4.78, 5) is 38.5. The Kier molecular flexibility index (Phi) is 5.03. The summed E-state index contributed by atoms with van der Waals surface area (Å²) < 4.78 is 0. The molecule has 2 aliphatic heterocycles. The summed E-state index contributed by atoms with van der Waals surface area (Å²) in [7, 11) is 1.62. The van der Waals surface area contributed by atoms with Crippen LogP contribution >= 0.6 is 0 Å². The lowest BCUT2D eigenvalue weighted by molar-refractivity contribution is -0.143. The Labute approximate surface area is 124 Å². The van der Waals surface area contributed by atoms with Crippen molar-refractivity contribution in [2.75, 3.05) is 26.7 Å². The van der Waals surface area contributed by atoms with Crippen LogP contribution in [-0.2, 0) is 9.59 Å². The molecule has 0 bridgehead atoms. The molecule has 0 radical (unpaired) electrons. The number of hydrogen-bond acceptors (Lipinski definition) is 3. The summed E-state index contributed by atoms with van der Waals surface area (Å²) in [6.07, 6.45) is 3.49. The van der Waals surface area contributed by atoms with Gasteiger partial charge >= 0.3 is 12.0 Å². The van der Waals surface area contributed by atoms with Crippen molar-refractivity contribution in [3.8, 4) is 0 Å². The van der Waals surface area contributed by atoms with Crippen LogP contribution in [0, 0.1) is 5.92 Å². The number of carbonyl (C=O) groups is 3. The highest BCUT2D eigenvalue weighted by Crippen LogP contribution is 2.23. The minimum atomic E-state index is -0.928. The molecular weight excluding hydrogens is 274 g/mol. The molecule has 2 heterocycles. The van der Waals surface area contributed by atoms with Crippen LogP contribution in [-0.4, -0.2) is 65.5 Å². The summed E-state index contributed by atoms with van der Waals surface area (Å²) >= 11 is 0. The van der Waals surface area contributed by atoms with Crippen LogP contribution in [0.25, 0.3) is 0 Å². The second-order valence-corrected chi connectivity index (χ2v) is 5.70. The molecule has 2 N–H and O–H groups in total. The maximum Gasteiger partial charge on any atom is 0.326 e. The molecule has 7 nitrogen and oxygen atoms in total. The number of rotatable bonds is 2. The highest BCUT2D eigenvalue weighted by molar-refractivity contribution is 5.83. The minimum Gasteiger partial charge on any atom is -0.480 e. The number of likely N-dealkylation sites (tertiary alicyclic amines) is 2. The van der Waals surface area contributed by atoms with Crippen LogP contribution in [0.2, 0.25) is 0 Å². The van der Waals surface area contributed by atoms with Gasteiger partial charge in [0.2, 0.25) is 5.91 Å². The molecular formula is C14H23N3O4. The topological polar surface area (TPSA) is 90.0 Å². The Morgan fingerprint density at radius 1 is 1.05 bits per heavy atom. The molecule has 0 spiro atoms. The monoisotopic (exact) mass is 297 g/mol. The SMILES string of the molecule is CNC(=O)C1CCN(C(=O)N2CCCCC2C(=O)O)CC1. The van der Waals surface area contributed by atoms with E-state index >= 15 is 0 Å². The highest BCUT2D eigenvalue weighted by atomic mass is 16.4. The van der Waals surface area contributed by atoms with E-state index < -0.39 is 12.0 Å². The standard InChI is InChI=1S/C14H23N3O4/c1-15-12(18)10-5-8-16(9-6-10)14(21)17-7-3-2-4-11(17)13(19)20/h10-11H,2-9H2,1H3,(H,15,18)(H,19,20). The Morgan fingerprint density at radius 3 is 2.29 bits per heavy atom. The number of nitrogens with zero attached hydrogens (tertiary/aromatic N) is 2. The van der Waals surface area contributed by atoms with Crippen molar-refractivity contribution >= 4 is 17.9 Å². The molecule has 0 aromatic rings. The molecule has 2 saturated heterocycles. The van der Waals surface area contributed by atoms with E-state index in [1.165, 1.54) is 4.90 Å². The van der Waals surface area contributed by atoms with Crippen molar-refractivity contribution in [3.05, 3.63) is 0 Å². The van der Waals surface area contributed by atoms with E-state index in [1.807, 2.05) is 0 Å². The van der Waals surface area contributed by atoms with E-state index in [9.17, 15) is 19.5 Å². The van der Waals surface area contributed by atoms with Crippen molar-refractivity contribution < 1.29 is 19.5 Å². The number of carbonyl (C=O) groups excluding carboxylic acids is 2. The number of nitrogens with one attached hydrogen (secondary N) is 1. The zero-order chi connectivity index (χ0) is 15.4. The van der Waals surface area contributed by atoms with E-state index in [0.717, 1.165) is 12.8 Å². The van der Waals surface area contributed by atoms with E-state index in [-0.39, 0.29) is 17.9 Å². The van der Waals surface area contributed by atoms with Gasteiger partial charge in [0.15, 0.2) is 0 Å². The fourth-order valence-electron chi connectivity index (χ4n) is 3.14. The Morgan fingerprint density at radius 2 is 1.71 bits per heavy atom. The summed E-state index contributed by atoms with van der Waals surface area (Å²) in [5.41, 5.74) is 0. The predicted octanol–water partition coefficient (Wildman–Crippen LogP) is 0.504. The highest BCUT2D eigenvalue weighted by Gasteiger charge is 2.36. The zero-order valence-corrected chi connectivity index (χ0v) is 12.4. The number of hydrogen-bond donors (Lipinski definition) is 2. The largest absolute Gasteiger partial charge is 0.480 e. The van der Waals surface area contributed by atoms with E-state index in [0.29, 0.717) is 38.9 Å². The third kappa shape index (κ3) is 3.46. The van der Waals surface area contributed by atoms with Gasteiger partial charge in [-0.1, -0.05) is 0 Å². The van der Waals surface area contributed by atoms with Crippen LogP contribution in [0.4, 0.5) is 4.79 Å². The lowest BCUT2D eigenvalue weighted by Gasteiger charge is -2.39. The normalized spacial score (nSPS) is 23.8. The first-order valence-electron chi connectivity index (χ1n) is 7.54. The lowest BCUT2D eigenvalue weighted by Crippen LogP contribution is -2.55. The van der Waals surface area contributed by atoms with E-state index in [2.05, 4.69) is 5.32 Å². The van der Waals surface area contributed by atoms with Gasteiger partial charge in [0.05, 0.1) is 0 Å². The van der Waals surface area contributed by atoms with Gasteiger partial charge in [-0.3, -0.25) is 4.79 Å². The van der Waals surface area contributed by atoms with E-state index in [1.54, 1.807) is 11.9 Å². The van der Waals surface area contributed by atoms with Gasteiger partial charge in [-0.05, 0) is 32.1 Å². The number of aliphatic carboxylic acids is 1. The minimum absolute atomic E-state index is 0.0171. The fourth-order valence-corrected chi connectivity index (χ4v) is 3.14. The quantitative estimate of drug-likeness (QED) is 0.777. The number of piperidine rings is 2. The molecule has 0 aromatic heterocycles. The molecule has 1 unspecified atom stereocenters. The lowest BCUT2D eigenvalue weighted by atomic mass is 9.96. The second-order valence-electron chi connectivity index (χ2n) is 5.70. The Balaban J connectivity index is 1.94. The summed E-state index contributed by atoms with van der Waals surface area (Å²) in [5, 5.41) is 11.9. The van der Waals surface area contributed by atoms with Crippen LogP contribution < -0.4 is 5.32 Å². The number of urea groups is 1. The van der Waals surface area contributed by atoms with Crippen LogP contribution in [0.15, 0.2) is 0 Å². The van der Waals surface area contributed by atoms with Crippen molar-refractivity contribution in [2.24, 2.45) is 5.92 Å². The molecule has 118 valence electrons. The van der Waals surface area contributed by atoms with Gasteiger partial charge < -0.3 is 20.2 Å². The third-order valence-electron chi connectivity index (χ3n) is 4.42. The average molecular weight is 297 g/mol. The molecule has 2 fully saturated rings. The van der Waals surface area contributed by atoms with Crippen LogP contribution in [0.5, 0.6) is 0 Å². The molecule has 0 aliphatic carbocycles. The number of carboxylic acid groups (broad SMARTS) is 1. The Hall–Kier alpha value is -1.79. The van der Waals surface area contributed by atoms with Gasteiger partial charge in [-0.2, -0.15) is 0 Å². The van der Waals surface area contributed by atoms with Crippen molar-refractivity contribution in [1.82, 2.24) is 15.1 Å². The summed E-state index contributed by atoms with van der Waals surface area (Å²) in [5.74, 6) is -0.956. The molecule has 21 heavy (non-hydrogen) atoms. The molecule has 3 amide bonds. The van der Waals surface area contributed by atoms with Crippen LogP contribution in [0.3, 0.4) is 0 Å². The zero-order valence-electron chi connectivity index (χ0n) is 12.4. The van der Waals surface area contributed by atoms with Gasteiger partial charge in [-0.25, -0.2) is 9.59 Å². The van der Waals surface area contributed by atoms with Crippen molar-refractivity contribution in [1.29, 1.82) is 0 Å². The number of carboxylic acids is 1. The molecule has 0 saturated carbocycles.